The van der Waals surface area contributed by atoms with Gasteiger partial charge in [0.25, 0.3) is 0 Å². The Kier molecular flexibility index (Phi) is 6.51. The standard InChI is InChI=1S/C9H20N2O3S/c1-3-4-5-11-9(12)7-15(13,14)6-8(2)10/h8H,3-7,10H2,1-2H3,(H,11,12). The van der Waals surface area contributed by atoms with Crippen LogP contribution in [0.2, 0.25) is 0 Å². The quantitative estimate of drug-likeness (QED) is 0.592. The van der Waals surface area contributed by atoms with Crippen LogP contribution >= 0.6 is 0 Å². The number of carbonyl (C=O) groups excluding carboxylic acids is 1. The molecular formula is C9H20N2O3S. The first kappa shape index (κ1) is 14.4. The van der Waals surface area contributed by atoms with Gasteiger partial charge in [-0.15, -0.1) is 0 Å². The summed E-state index contributed by atoms with van der Waals surface area (Å²) in [4.78, 5) is 11.2. The van der Waals surface area contributed by atoms with E-state index in [1.807, 2.05) is 6.92 Å². The average Bonchev–Trinajstić information content (AvgIpc) is 2.00. The molecule has 90 valence electrons. The zero-order chi connectivity index (χ0) is 11.9. The molecule has 3 N–H and O–H groups in total. The van der Waals surface area contributed by atoms with E-state index in [4.69, 9.17) is 5.73 Å². The fourth-order valence-corrected chi connectivity index (χ4v) is 2.54. The Balaban J connectivity index is 3.95. The lowest BCUT2D eigenvalue weighted by molar-refractivity contribution is -0.118. The third kappa shape index (κ3) is 8.38. The third-order valence-electron chi connectivity index (χ3n) is 1.72. The van der Waals surface area contributed by atoms with Crippen LogP contribution in [0.3, 0.4) is 0 Å². The van der Waals surface area contributed by atoms with Crippen molar-refractivity contribution < 1.29 is 13.2 Å². The molecular weight excluding hydrogens is 216 g/mol. The number of nitrogens with two attached hydrogens (primary N) is 1. The molecule has 0 fully saturated rings. The van der Waals surface area contributed by atoms with E-state index < -0.39 is 27.5 Å². The Hall–Kier alpha value is -0.620. The molecule has 0 spiro atoms. The van der Waals surface area contributed by atoms with Crippen molar-refractivity contribution in [2.45, 2.75) is 32.7 Å². The smallest absolute Gasteiger partial charge is 0.235 e. The van der Waals surface area contributed by atoms with E-state index in [-0.39, 0.29) is 5.75 Å². The number of carbonyl (C=O) groups is 1. The number of hydrogen-bond donors (Lipinski definition) is 2. The average molecular weight is 236 g/mol. The molecule has 5 nitrogen and oxygen atoms in total. The fourth-order valence-electron chi connectivity index (χ4n) is 1.11. The number of hydrogen-bond acceptors (Lipinski definition) is 4. The van der Waals surface area contributed by atoms with Crippen molar-refractivity contribution in [2.24, 2.45) is 5.73 Å². The Labute approximate surface area is 91.3 Å². The minimum atomic E-state index is -3.35. The SMILES string of the molecule is CCCCNC(=O)CS(=O)(=O)CC(C)N. The van der Waals surface area contributed by atoms with Gasteiger partial charge >= 0.3 is 0 Å². The van der Waals surface area contributed by atoms with Crippen LogP contribution in [0.25, 0.3) is 0 Å². The maximum Gasteiger partial charge on any atom is 0.235 e. The van der Waals surface area contributed by atoms with Crippen molar-refractivity contribution in [2.75, 3.05) is 18.1 Å². The van der Waals surface area contributed by atoms with Gasteiger partial charge in [-0.2, -0.15) is 0 Å². The van der Waals surface area contributed by atoms with Gasteiger partial charge in [0.15, 0.2) is 9.84 Å². The molecule has 15 heavy (non-hydrogen) atoms. The van der Waals surface area contributed by atoms with Gasteiger partial charge in [0.05, 0.1) is 5.75 Å². The third-order valence-corrected chi connectivity index (χ3v) is 3.46. The van der Waals surface area contributed by atoms with E-state index in [0.717, 1.165) is 12.8 Å². The first-order valence-electron chi connectivity index (χ1n) is 5.10. The van der Waals surface area contributed by atoms with Crippen molar-refractivity contribution in [3.63, 3.8) is 0 Å². The van der Waals surface area contributed by atoms with Gasteiger partial charge in [-0.3, -0.25) is 4.79 Å². The largest absolute Gasteiger partial charge is 0.355 e. The number of unbranched alkanes of at least 4 members (excludes halogenated alkanes) is 1. The Bertz CT molecular complexity index is 286. The fraction of sp³-hybridized carbons (Fsp3) is 0.889. The van der Waals surface area contributed by atoms with Crippen LogP contribution < -0.4 is 11.1 Å². The number of amides is 1. The predicted molar refractivity (Wildman–Crippen MR) is 60.2 cm³/mol. The van der Waals surface area contributed by atoms with Gasteiger partial charge in [-0.25, -0.2) is 8.42 Å². The van der Waals surface area contributed by atoms with E-state index in [1.54, 1.807) is 6.92 Å². The summed E-state index contributed by atoms with van der Waals surface area (Å²) in [6.45, 7) is 4.13. The summed E-state index contributed by atoms with van der Waals surface area (Å²) in [7, 11) is -3.35. The van der Waals surface area contributed by atoms with Crippen molar-refractivity contribution in [3.8, 4) is 0 Å². The second kappa shape index (κ2) is 6.79. The Morgan fingerprint density at radius 2 is 2.07 bits per heavy atom. The summed E-state index contributed by atoms with van der Waals surface area (Å²) in [5.41, 5.74) is 5.37. The molecule has 0 aromatic carbocycles. The van der Waals surface area contributed by atoms with Crippen LogP contribution in [0.15, 0.2) is 0 Å². The number of nitrogens with one attached hydrogen (secondary N) is 1. The number of rotatable bonds is 7. The summed E-state index contributed by atoms with van der Waals surface area (Å²) in [5.74, 6) is -1.05. The molecule has 0 aliphatic rings. The van der Waals surface area contributed by atoms with Crippen LogP contribution in [-0.4, -0.2) is 38.4 Å². The van der Waals surface area contributed by atoms with Gasteiger partial charge < -0.3 is 11.1 Å². The second-order valence-electron chi connectivity index (χ2n) is 3.74. The Morgan fingerprint density at radius 3 is 2.53 bits per heavy atom. The minimum Gasteiger partial charge on any atom is -0.355 e. The van der Waals surface area contributed by atoms with E-state index in [2.05, 4.69) is 5.32 Å². The minimum absolute atomic E-state index is 0.145. The molecule has 0 saturated heterocycles. The molecule has 1 atom stereocenters. The molecule has 0 radical (unpaired) electrons. The van der Waals surface area contributed by atoms with E-state index in [0.29, 0.717) is 6.54 Å². The normalized spacial score (nSPS) is 13.5. The highest BCUT2D eigenvalue weighted by molar-refractivity contribution is 7.92. The van der Waals surface area contributed by atoms with Crippen LogP contribution in [0.1, 0.15) is 26.7 Å². The van der Waals surface area contributed by atoms with Crippen LogP contribution in [0.4, 0.5) is 0 Å². The molecule has 0 heterocycles. The molecule has 0 saturated carbocycles. The van der Waals surface area contributed by atoms with E-state index in [9.17, 15) is 13.2 Å². The molecule has 0 bridgehead atoms. The summed E-state index contributed by atoms with van der Waals surface area (Å²) in [5, 5.41) is 2.55. The van der Waals surface area contributed by atoms with Gasteiger partial charge in [0.2, 0.25) is 5.91 Å². The monoisotopic (exact) mass is 236 g/mol. The summed E-state index contributed by atoms with van der Waals surface area (Å²) in [6.07, 6.45) is 1.83. The highest BCUT2D eigenvalue weighted by atomic mass is 32.2. The van der Waals surface area contributed by atoms with Gasteiger partial charge in [0, 0.05) is 12.6 Å². The Morgan fingerprint density at radius 1 is 1.47 bits per heavy atom. The van der Waals surface area contributed by atoms with Crippen LogP contribution in [-0.2, 0) is 14.6 Å². The van der Waals surface area contributed by atoms with Crippen molar-refractivity contribution in [1.29, 1.82) is 0 Å². The molecule has 0 aromatic heterocycles. The molecule has 0 aromatic rings. The van der Waals surface area contributed by atoms with Crippen LogP contribution in [0, 0.1) is 0 Å². The first-order valence-corrected chi connectivity index (χ1v) is 6.92. The van der Waals surface area contributed by atoms with Crippen molar-refractivity contribution in [3.05, 3.63) is 0 Å². The lowest BCUT2D eigenvalue weighted by Gasteiger charge is -2.07. The maximum atomic E-state index is 11.3. The highest BCUT2D eigenvalue weighted by Crippen LogP contribution is 1.93. The second-order valence-corrected chi connectivity index (χ2v) is 5.84. The van der Waals surface area contributed by atoms with E-state index >= 15 is 0 Å². The molecule has 1 amide bonds. The van der Waals surface area contributed by atoms with Crippen molar-refractivity contribution in [1.82, 2.24) is 5.32 Å². The highest BCUT2D eigenvalue weighted by Gasteiger charge is 2.17. The summed E-state index contributed by atoms with van der Waals surface area (Å²) in [6, 6.07) is -0.432. The summed E-state index contributed by atoms with van der Waals surface area (Å²) >= 11 is 0. The molecule has 6 heteroatoms. The zero-order valence-electron chi connectivity index (χ0n) is 9.32. The number of sulfone groups is 1. The molecule has 1 unspecified atom stereocenters. The van der Waals surface area contributed by atoms with Crippen molar-refractivity contribution >= 4 is 15.7 Å². The predicted octanol–water partition coefficient (Wildman–Crippen LogP) is -0.335. The van der Waals surface area contributed by atoms with Gasteiger partial charge in [0.1, 0.15) is 5.75 Å². The maximum absolute atomic E-state index is 11.3. The topological polar surface area (TPSA) is 89.3 Å². The van der Waals surface area contributed by atoms with Crippen LogP contribution in [0.5, 0.6) is 0 Å². The van der Waals surface area contributed by atoms with Gasteiger partial charge in [-0.05, 0) is 13.3 Å². The van der Waals surface area contributed by atoms with E-state index in [1.165, 1.54) is 0 Å². The summed E-state index contributed by atoms with van der Waals surface area (Å²) < 4.78 is 22.7. The lowest BCUT2D eigenvalue weighted by atomic mass is 10.3. The molecule has 0 rings (SSSR count). The zero-order valence-corrected chi connectivity index (χ0v) is 10.1. The molecule has 0 aliphatic carbocycles. The first-order chi connectivity index (χ1) is 6.87. The lowest BCUT2D eigenvalue weighted by Crippen LogP contribution is -2.35. The van der Waals surface area contributed by atoms with Gasteiger partial charge in [-0.1, -0.05) is 13.3 Å². The molecule has 0 aliphatic heterocycles.